The number of rotatable bonds is 33. The molecule has 1 aliphatic heterocycles. The van der Waals surface area contributed by atoms with Gasteiger partial charge in [0.25, 0.3) is 0 Å². The van der Waals surface area contributed by atoms with Gasteiger partial charge in [-0.15, -0.1) is 5.10 Å². The molecule has 16 nitrogen and oxygen atoms in total. The van der Waals surface area contributed by atoms with Gasteiger partial charge < -0.3 is 39.0 Å². The van der Waals surface area contributed by atoms with Gasteiger partial charge >= 0.3 is 0 Å². The van der Waals surface area contributed by atoms with Gasteiger partial charge in [0.05, 0.1) is 82.7 Å². The van der Waals surface area contributed by atoms with E-state index in [0.29, 0.717) is 39.6 Å². The number of hydrogen-bond donors (Lipinski definition) is 2. The average molecular weight is 929 g/mol. The Hall–Kier alpha value is -3.64. The van der Waals surface area contributed by atoms with E-state index in [2.05, 4.69) is 34.4 Å². The lowest BCUT2D eigenvalue weighted by molar-refractivity contribution is -0.142. The minimum atomic E-state index is -0.745. The lowest BCUT2D eigenvalue weighted by Crippen LogP contribution is -2.56. The van der Waals surface area contributed by atoms with Crippen LogP contribution >= 0.6 is 0 Å². The number of carbonyl (C=O) groups is 4. The Bertz CT molecular complexity index is 1730. The Morgan fingerprint density at radius 1 is 0.864 bits per heavy atom. The van der Waals surface area contributed by atoms with Crippen LogP contribution in [0.15, 0.2) is 36.5 Å². The van der Waals surface area contributed by atoms with Crippen LogP contribution in [0.5, 0.6) is 0 Å². The molecular formula is C50H84N6O10. The third-order valence-electron chi connectivity index (χ3n) is 13.4. The minimum absolute atomic E-state index is 0.0121. The van der Waals surface area contributed by atoms with Gasteiger partial charge in [-0.25, -0.2) is 0 Å². The molecule has 2 heterocycles. The summed E-state index contributed by atoms with van der Waals surface area (Å²) in [4.78, 5) is 59.4. The first-order chi connectivity index (χ1) is 31.4. The molecule has 2 aromatic rings. The summed E-state index contributed by atoms with van der Waals surface area (Å²) < 4.78 is 30.7. The predicted octanol–water partition coefficient (Wildman–Crippen LogP) is 5.46. The summed E-state index contributed by atoms with van der Waals surface area (Å²) in [5.74, 6) is -2.10. The van der Waals surface area contributed by atoms with Gasteiger partial charge in [-0.05, 0) is 48.6 Å². The van der Waals surface area contributed by atoms with E-state index in [0.717, 1.165) is 37.1 Å². The molecule has 3 rings (SSSR count). The van der Waals surface area contributed by atoms with E-state index in [-0.39, 0.29) is 97.2 Å². The quantitative estimate of drug-likeness (QED) is 0.0862. The first-order valence-corrected chi connectivity index (χ1v) is 24.2. The van der Waals surface area contributed by atoms with Gasteiger partial charge in [0, 0.05) is 65.6 Å². The maximum atomic E-state index is 14.3. The fraction of sp³-hybridized carbons (Fsp3) is 0.760. The second kappa shape index (κ2) is 29.3. The van der Waals surface area contributed by atoms with Crippen LogP contribution in [-0.4, -0.2) is 151 Å². The standard InChI is InChI=1S/C50H84N6O10/c1-13-35(6)46(44(62-11)31-56-22-17-20-41(56)49(63-12)37(8)42(57)28-36(7)48(60)38-18-15-14-16-19-38)51-50(61)40(33(2)3)29-43(58)47(34(4)5)55(10)45(59)21-23-64-24-25-65-26-27-66-32-39-30-54(9)53-52-39/h14-16,18-19,30,33-37,40-41,44,46-49,60H,13,17,20-29,31-32H2,1-12H3,(H,51,61)/t35-,36-,37-,40-,41-,44?,46-,47-,48+,49+/m0/s1. The van der Waals surface area contributed by atoms with Crippen molar-refractivity contribution in [3.05, 3.63) is 47.8 Å². The number of likely N-dealkylation sites (tertiary alicyclic amines) is 1. The molecule has 16 heteroatoms. The monoisotopic (exact) mass is 929 g/mol. The number of amides is 2. The van der Waals surface area contributed by atoms with E-state index in [9.17, 15) is 24.3 Å². The number of benzene rings is 1. The van der Waals surface area contributed by atoms with Gasteiger partial charge in [-0.1, -0.05) is 97.4 Å². The van der Waals surface area contributed by atoms with Crippen molar-refractivity contribution in [1.29, 1.82) is 0 Å². The molecule has 1 aromatic heterocycles. The molecule has 2 amide bonds. The second-order valence-corrected chi connectivity index (χ2v) is 19.0. The van der Waals surface area contributed by atoms with Crippen molar-refractivity contribution < 1.29 is 48.0 Å². The van der Waals surface area contributed by atoms with Crippen LogP contribution in [0.4, 0.5) is 0 Å². The molecule has 66 heavy (non-hydrogen) atoms. The van der Waals surface area contributed by atoms with E-state index in [1.54, 1.807) is 39.2 Å². The fourth-order valence-corrected chi connectivity index (χ4v) is 9.19. The Balaban J connectivity index is 1.57. The maximum Gasteiger partial charge on any atom is 0.225 e. The zero-order chi connectivity index (χ0) is 48.9. The Labute approximate surface area is 395 Å². The highest BCUT2D eigenvalue weighted by atomic mass is 16.5. The average Bonchev–Trinajstić information content (AvgIpc) is 3.94. The normalized spacial score (nSPS) is 18.6. The molecule has 10 atom stereocenters. The van der Waals surface area contributed by atoms with Crippen LogP contribution in [0.25, 0.3) is 0 Å². The van der Waals surface area contributed by atoms with Gasteiger partial charge in [0.1, 0.15) is 11.5 Å². The molecule has 0 radical (unpaired) electrons. The highest BCUT2D eigenvalue weighted by Crippen LogP contribution is 2.32. The molecule has 0 aliphatic carbocycles. The molecular weight excluding hydrogens is 845 g/mol. The van der Waals surface area contributed by atoms with Crippen LogP contribution in [0.1, 0.15) is 111 Å². The molecule has 1 fully saturated rings. The molecule has 1 aromatic carbocycles. The number of methoxy groups -OCH3 is 2. The summed E-state index contributed by atoms with van der Waals surface area (Å²) in [5, 5.41) is 22.2. The molecule has 2 N–H and O–H groups in total. The lowest BCUT2D eigenvalue weighted by atomic mass is 9.84. The number of carbonyl (C=O) groups excluding carboxylic acids is 4. The topological polar surface area (TPSA) is 184 Å². The summed E-state index contributed by atoms with van der Waals surface area (Å²) in [7, 11) is 6.77. The molecule has 1 unspecified atom stereocenters. The van der Waals surface area contributed by atoms with E-state index < -0.39 is 24.0 Å². The van der Waals surface area contributed by atoms with Crippen molar-refractivity contribution in [1.82, 2.24) is 30.1 Å². The third-order valence-corrected chi connectivity index (χ3v) is 13.4. The van der Waals surface area contributed by atoms with Gasteiger partial charge in [-0.3, -0.25) is 28.8 Å². The predicted molar refractivity (Wildman–Crippen MR) is 253 cm³/mol. The number of hydrogen-bond acceptors (Lipinski definition) is 13. The smallest absolute Gasteiger partial charge is 0.225 e. The molecule has 0 spiro atoms. The Morgan fingerprint density at radius 3 is 2.09 bits per heavy atom. The Morgan fingerprint density at radius 2 is 1.52 bits per heavy atom. The zero-order valence-corrected chi connectivity index (χ0v) is 42.1. The lowest BCUT2D eigenvalue weighted by Gasteiger charge is -2.39. The fourth-order valence-electron chi connectivity index (χ4n) is 9.19. The second-order valence-electron chi connectivity index (χ2n) is 19.0. The summed E-state index contributed by atoms with van der Waals surface area (Å²) in [6, 6.07) is 8.33. The number of likely N-dealkylation sites (N-methyl/N-ethyl adjacent to an activating group) is 1. The summed E-state index contributed by atoms with van der Waals surface area (Å²) in [5.41, 5.74) is 1.54. The van der Waals surface area contributed by atoms with Crippen molar-refractivity contribution in [2.45, 2.75) is 137 Å². The van der Waals surface area contributed by atoms with Crippen LogP contribution in [0, 0.1) is 35.5 Å². The first-order valence-electron chi connectivity index (χ1n) is 24.2. The minimum Gasteiger partial charge on any atom is -0.388 e. The summed E-state index contributed by atoms with van der Waals surface area (Å²) in [6.07, 6.45) is 3.20. The van der Waals surface area contributed by atoms with Crippen LogP contribution in [-0.2, 0) is 56.5 Å². The number of ketones is 2. The molecule has 0 bridgehead atoms. The maximum absolute atomic E-state index is 14.3. The van der Waals surface area contributed by atoms with E-state index in [4.69, 9.17) is 23.7 Å². The van der Waals surface area contributed by atoms with Crippen molar-refractivity contribution in [2.75, 3.05) is 67.4 Å². The molecule has 374 valence electrons. The van der Waals surface area contributed by atoms with Gasteiger partial charge in [-0.2, -0.15) is 0 Å². The van der Waals surface area contributed by atoms with E-state index >= 15 is 0 Å². The van der Waals surface area contributed by atoms with Crippen molar-refractivity contribution in [2.24, 2.45) is 42.6 Å². The molecule has 1 saturated heterocycles. The number of aliphatic hydroxyl groups is 1. The van der Waals surface area contributed by atoms with Gasteiger partial charge in [0.2, 0.25) is 11.8 Å². The number of aryl methyl sites for hydroxylation is 1. The van der Waals surface area contributed by atoms with Crippen LogP contribution < -0.4 is 5.32 Å². The first kappa shape index (κ1) is 56.7. The van der Waals surface area contributed by atoms with E-state index in [1.165, 1.54) is 4.90 Å². The third kappa shape index (κ3) is 17.5. The highest BCUT2D eigenvalue weighted by molar-refractivity contribution is 5.92. The largest absolute Gasteiger partial charge is 0.388 e. The zero-order valence-electron chi connectivity index (χ0n) is 42.1. The van der Waals surface area contributed by atoms with Crippen molar-refractivity contribution in [3.63, 3.8) is 0 Å². The Kier molecular flexibility index (Phi) is 25.2. The van der Waals surface area contributed by atoms with Crippen LogP contribution in [0.3, 0.4) is 0 Å². The molecule has 1 aliphatic rings. The van der Waals surface area contributed by atoms with Gasteiger partial charge in [0.15, 0.2) is 5.78 Å². The number of aliphatic hydroxyl groups excluding tert-OH is 1. The van der Waals surface area contributed by atoms with Crippen LogP contribution in [0.2, 0.25) is 0 Å². The van der Waals surface area contributed by atoms with E-state index in [1.807, 2.05) is 71.9 Å². The number of Topliss-reactive ketones (excluding diaryl/α,β-unsaturated/α-hetero) is 2. The number of aromatic nitrogens is 3. The summed E-state index contributed by atoms with van der Waals surface area (Å²) >= 11 is 0. The number of nitrogens with one attached hydrogen (secondary N) is 1. The number of nitrogens with zero attached hydrogens (tertiary/aromatic N) is 5. The van der Waals surface area contributed by atoms with Crippen molar-refractivity contribution in [3.8, 4) is 0 Å². The highest BCUT2D eigenvalue weighted by Gasteiger charge is 2.41. The molecule has 0 saturated carbocycles. The summed E-state index contributed by atoms with van der Waals surface area (Å²) in [6.45, 7) is 19.1. The van der Waals surface area contributed by atoms with Crippen molar-refractivity contribution >= 4 is 23.4 Å². The SMILES string of the molecule is CC[C@H](C)[C@H](NC(=O)[C@@H](CC(=O)[C@H](C(C)C)N(C)C(=O)CCOCCOCCOCc1cn(C)nn1)C(C)C)C(CN1CCC[C@H]1[C@H](OC)[C@@H](C)C(=O)C[C@H](C)[C@@H](O)c1ccccc1)OC. The number of ether oxygens (including phenoxy) is 5.